The van der Waals surface area contributed by atoms with Crippen LogP contribution in [0.3, 0.4) is 0 Å². The Labute approximate surface area is 151 Å². The minimum absolute atomic E-state index is 0.373. The van der Waals surface area contributed by atoms with E-state index < -0.39 is 0 Å². The Morgan fingerprint density at radius 3 is 2.46 bits per heavy atom. The Hall–Kier alpha value is -3.61. The molecule has 7 nitrogen and oxygen atoms in total. The summed E-state index contributed by atoms with van der Waals surface area (Å²) in [5.41, 5.74) is 2.05. The van der Waals surface area contributed by atoms with Crippen LogP contribution in [0, 0.1) is 0 Å². The van der Waals surface area contributed by atoms with Crippen LogP contribution in [0.5, 0.6) is 5.75 Å². The standard InChI is InChI=1S/C19H18N4O3/c1-25-16-6-4-3-5-15(16)22-19-20-12-11-17(23-19)21-14-9-7-13(8-10-14)18(24)26-2/h3-12H,1-2H3,(H2,20,21,22,23). The highest BCUT2D eigenvalue weighted by atomic mass is 16.5. The average Bonchev–Trinajstić information content (AvgIpc) is 2.69. The summed E-state index contributed by atoms with van der Waals surface area (Å²) in [5.74, 6) is 1.38. The Bertz CT molecular complexity index is 897. The van der Waals surface area contributed by atoms with E-state index in [1.54, 1.807) is 43.6 Å². The molecule has 26 heavy (non-hydrogen) atoms. The van der Waals surface area contributed by atoms with Crippen LogP contribution in [-0.2, 0) is 4.74 Å². The van der Waals surface area contributed by atoms with Crippen molar-refractivity contribution in [3.63, 3.8) is 0 Å². The summed E-state index contributed by atoms with van der Waals surface area (Å²) in [4.78, 5) is 20.1. The number of ether oxygens (including phenoxy) is 2. The second-order valence-corrected chi connectivity index (χ2v) is 5.28. The molecule has 0 saturated heterocycles. The number of nitrogens with one attached hydrogen (secondary N) is 2. The first kappa shape index (κ1) is 17.2. The van der Waals surface area contributed by atoms with Crippen molar-refractivity contribution in [2.24, 2.45) is 0 Å². The molecule has 0 radical (unpaired) electrons. The third kappa shape index (κ3) is 4.07. The molecule has 0 saturated carbocycles. The zero-order valence-electron chi connectivity index (χ0n) is 14.4. The van der Waals surface area contributed by atoms with E-state index in [4.69, 9.17) is 4.74 Å². The summed E-state index contributed by atoms with van der Waals surface area (Å²) in [6, 6.07) is 16.2. The van der Waals surface area contributed by atoms with E-state index in [2.05, 4.69) is 25.3 Å². The number of methoxy groups -OCH3 is 2. The van der Waals surface area contributed by atoms with E-state index in [9.17, 15) is 4.79 Å². The fourth-order valence-electron chi connectivity index (χ4n) is 2.31. The fourth-order valence-corrected chi connectivity index (χ4v) is 2.31. The molecule has 1 heterocycles. The van der Waals surface area contributed by atoms with Crippen molar-refractivity contribution in [1.29, 1.82) is 0 Å². The Morgan fingerprint density at radius 2 is 1.73 bits per heavy atom. The molecule has 0 unspecified atom stereocenters. The van der Waals surface area contributed by atoms with Crippen LogP contribution < -0.4 is 15.4 Å². The molecule has 1 aromatic heterocycles. The van der Waals surface area contributed by atoms with Crippen molar-refractivity contribution in [2.45, 2.75) is 0 Å². The minimum atomic E-state index is -0.373. The third-order valence-electron chi connectivity index (χ3n) is 3.59. The molecule has 7 heteroatoms. The predicted molar refractivity (Wildman–Crippen MR) is 99.4 cm³/mol. The summed E-state index contributed by atoms with van der Waals surface area (Å²) in [6.07, 6.45) is 1.65. The molecular weight excluding hydrogens is 332 g/mol. The number of hydrogen-bond acceptors (Lipinski definition) is 7. The van der Waals surface area contributed by atoms with Gasteiger partial charge < -0.3 is 20.1 Å². The molecule has 0 aliphatic heterocycles. The van der Waals surface area contributed by atoms with Gasteiger partial charge in [0.1, 0.15) is 11.6 Å². The quantitative estimate of drug-likeness (QED) is 0.655. The predicted octanol–water partition coefficient (Wildman–Crippen LogP) is 3.76. The highest BCUT2D eigenvalue weighted by Crippen LogP contribution is 2.26. The van der Waals surface area contributed by atoms with Gasteiger partial charge in [-0.15, -0.1) is 0 Å². The van der Waals surface area contributed by atoms with Crippen molar-refractivity contribution >= 4 is 29.1 Å². The summed E-state index contributed by atoms with van der Waals surface area (Å²) >= 11 is 0. The van der Waals surface area contributed by atoms with Gasteiger partial charge >= 0.3 is 5.97 Å². The summed E-state index contributed by atoms with van der Waals surface area (Å²) in [5, 5.41) is 6.30. The van der Waals surface area contributed by atoms with Crippen LogP contribution in [-0.4, -0.2) is 30.2 Å². The molecule has 0 aliphatic carbocycles. The maximum Gasteiger partial charge on any atom is 0.337 e. The lowest BCUT2D eigenvalue weighted by atomic mass is 10.2. The van der Waals surface area contributed by atoms with Crippen molar-refractivity contribution in [1.82, 2.24) is 9.97 Å². The number of rotatable bonds is 6. The van der Waals surface area contributed by atoms with E-state index in [1.165, 1.54) is 7.11 Å². The van der Waals surface area contributed by atoms with E-state index in [0.717, 1.165) is 11.4 Å². The topological polar surface area (TPSA) is 85.4 Å². The molecule has 0 amide bonds. The lowest BCUT2D eigenvalue weighted by Gasteiger charge is -2.11. The van der Waals surface area contributed by atoms with Gasteiger partial charge in [-0.3, -0.25) is 0 Å². The lowest BCUT2D eigenvalue weighted by molar-refractivity contribution is 0.0601. The average molecular weight is 350 g/mol. The van der Waals surface area contributed by atoms with Crippen LogP contribution >= 0.6 is 0 Å². The van der Waals surface area contributed by atoms with E-state index in [-0.39, 0.29) is 5.97 Å². The number of para-hydroxylation sites is 2. The SMILES string of the molecule is COC(=O)c1ccc(Nc2ccnc(Nc3ccccc3OC)n2)cc1. The molecule has 0 spiro atoms. The van der Waals surface area contributed by atoms with Gasteiger partial charge in [-0.25, -0.2) is 9.78 Å². The fraction of sp³-hybridized carbons (Fsp3) is 0.105. The number of carbonyl (C=O) groups is 1. The number of hydrogen-bond donors (Lipinski definition) is 2. The number of aromatic nitrogens is 2. The van der Waals surface area contributed by atoms with Crippen molar-refractivity contribution in [2.75, 3.05) is 24.9 Å². The summed E-state index contributed by atoms with van der Waals surface area (Å²) < 4.78 is 10.00. The van der Waals surface area contributed by atoms with E-state index in [0.29, 0.717) is 23.1 Å². The van der Waals surface area contributed by atoms with Crippen LogP contribution in [0.2, 0.25) is 0 Å². The largest absolute Gasteiger partial charge is 0.495 e. The van der Waals surface area contributed by atoms with Gasteiger partial charge in [0.2, 0.25) is 5.95 Å². The molecule has 0 atom stereocenters. The zero-order valence-corrected chi connectivity index (χ0v) is 14.4. The molecule has 0 bridgehead atoms. The van der Waals surface area contributed by atoms with Gasteiger partial charge in [0.15, 0.2) is 0 Å². The van der Waals surface area contributed by atoms with Gasteiger partial charge in [-0.05, 0) is 42.5 Å². The van der Waals surface area contributed by atoms with Crippen molar-refractivity contribution < 1.29 is 14.3 Å². The maximum atomic E-state index is 11.5. The minimum Gasteiger partial charge on any atom is -0.495 e. The highest BCUT2D eigenvalue weighted by molar-refractivity contribution is 5.89. The molecule has 3 rings (SSSR count). The van der Waals surface area contributed by atoms with Crippen LogP contribution in [0.25, 0.3) is 0 Å². The van der Waals surface area contributed by atoms with Crippen molar-refractivity contribution in [3.05, 3.63) is 66.4 Å². The van der Waals surface area contributed by atoms with Crippen molar-refractivity contribution in [3.8, 4) is 5.75 Å². The number of nitrogens with zero attached hydrogens (tertiary/aromatic N) is 2. The number of anilines is 4. The molecule has 3 aromatic rings. The smallest absolute Gasteiger partial charge is 0.337 e. The first-order chi connectivity index (χ1) is 12.7. The monoisotopic (exact) mass is 350 g/mol. The molecule has 0 aliphatic rings. The van der Waals surface area contributed by atoms with Gasteiger partial charge in [0.05, 0.1) is 25.5 Å². The normalized spacial score (nSPS) is 10.1. The molecule has 0 fully saturated rings. The second-order valence-electron chi connectivity index (χ2n) is 5.28. The first-order valence-corrected chi connectivity index (χ1v) is 7.88. The highest BCUT2D eigenvalue weighted by Gasteiger charge is 2.07. The number of benzene rings is 2. The Balaban J connectivity index is 1.74. The van der Waals surface area contributed by atoms with Gasteiger partial charge in [0.25, 0.3) is 0 Å². The Kier molecular flexibility index (Phi) is 5.28. The lowest BCUT2D eigenvalue weighted by Crippen LogP contribution is -2.02. The number of carbonyl (C=O) groups excluding carboxylic acids is 1. The van der Waals surface area contributed by atoms with Gasteiger partial charge in [0, 0.05) is 11.9 Å². The third-order valence-corrected chi connectivity index (χ3v) is 3.59. The molecule has 132 valence electrons. The van der Waals surface area contributed by atoms with Crippen LogP contribution in [0.1, 0.15) is 10.4 Å². The summed E-state index contributed by atoms with van der Waals surface area (Å²) in [7, 11) is 2.96. The van der Waals surface area contributed by atoms with Crippen LogP contribution in [0.15, 0.2) is 60.8 Å². The first-order valence-electron chi connectivity index (χ1n) is 7.88. The summed E-state index contributed by atoms with van der Waals surface area (Å²) in [6.45, 7) is 0. The van der Waals surface area contributed by atoms with E-state index in [1.807, 2.05) is 24.3 Å². The molecular formula is C19H18N4O3. The zero-order chi connectivity index (χ0) is 18.4. The van der Waals surface area contributed by atoms with Gasteiger partial charge in [-0.1, -0.05) is 12.1 Å². The van der Waals surface area contributed by atoms with Crippen LogP contribution in [0.4, 0.5) is 23.1 Å². The van der Waals surface area contributed by atoms with E-state index >= 15 is 0 Å². The molecule has 2 aromatic carbocycles. The second kappa shape index (κ2) is 7.98. The maximum absolute atomic E-state index is 11.5. The van der Waals surface area contributed by atoms with Gasteiger partial charge in [-0.2, -0.15) is 4.98 Å². The Morgan fingerprint density at radius 1 is 0.962 bits per heavy atom. The molecule has 2 N–H and O–H groups in total. The number of esters is 1.